The molecule has 0 amide bonds. The first kappa shape index (κ1) is 22.6. The summed E-state index contributed by atoms with van der Waals surface area (Å²) in [6.07, 6.45) is 0.667. The number of hydrogen-bond acceptors (Lipinski definition) is 3. The molecule has 6 N–H and O–H groups in total. The zero-order chi connectivity index (χ0) is 8.78. The number of Topliss-reactive ketones (excluding diaryl/α,β-unsaturated/α-hetero) is 1. The second-order valence-electron chi connectivity index (χ2n) is 3.23. The van der Waals surface area contributed by atoms with Crippen molar-refractivity contribution in [2.24, 2.45) is 0 Å². The summed E-state index contributed by atoms with van der Waals surface area (Å²) in [5.41, 5.74) is -0.500. The molecule has 0 aromatic rings. The van der Waals surface area contributed by atoms with Crippen molar-refractivity contribution in [3.63, 3.8) is 0 Å². The molecule has 0 atom stereocenters. The van der Waals surface area contributed by atoms with Gasteiger partial charge in [0.25, 0.3) is 0 Å². The molecule has 0 heterocycles. The summed E-state index contributed by atoms with van der Waals surface area (Å²) in [6.45, 7) is 8.66. The zero-order valence-corrected chi connectivity index (χ0v) is 8.77. The first-order valence-electron chi connectivity index (χ1n) is 3.49. The summed E-state index contributed by atoms with van der Waals surface area (Å²) >= 11 is 0. The fourth-order valence-corrected chi connectivity index (χ4v) is 0. The topological polar surface area (TPSA) is 104 Å². The minimum atomic E-state index is -0.500. The summed E-state index contributed by atoms with van der Waals surface area (Å²) < 4.78 is 0. The number of rotatable bonds is 1. The number of ketones is 1. The van der Waals surface area contributed by atoms with Crippen molar-refractivity contribution >= 4 is 5.78 Å². The monoisotopic (exact) mass is 181 g/mol. The van der Waals surface area contributed by atoms with Crippen molar-refractivity contribution in [2.45, 2.75) is 46.6 Å². The van der Waals surface area contributed by atoms with Crippen molar-refractivity contribution in [1.82, 2.24) is 6.15 Å². The molecule has 0 spiro atoms. The SMILES string of the molecule is CC(C)(C)O.CCC(C)=O.N.O. The summed E-state index contributed by atoms with van der Waals surface area (Å²) in [5, 5.41) is 8.52. The van der Waals surface area contributed by atoms with Gasteiger partial charge in [0.1, 0.15) is 5.78 Å². The molecular weight excluding hydrogens is 158 g/mol. The maximum atomic E-state index is 9.81. The Kier molecular flexibility index (Phi) is 19.8. The van der Waals surface area contributed by atoms with Crippen molar-refractivity contribution in [3.8, 4) is 0 Å². The van der Waals surface area contributed by atoms with E-state index in [2.05, 4.69) is 0 Å². The third-order valence-electron chi connectivity index (χ3n) is 0.498. The molecule has 0 aliphatic carbocycles. The van der Waals surface area contributed by atoms with Crippen LogP contribution in [0.15, 0.2) is 0 Å². The zero-order valence-electron chi connectivity index (χ0n) is 8.77. The fraction of sp³-hybridized carbons (Fsp3) is 0.875. The number of hydrogen-bond donors (Lipinski definition) is 2. The predicted octanol–water partition coefficient (Wildman–Crippen LogP) is 1.10. The molecule has 0 bridgehead atoms. The molecule has 0 unspecified atom stereocenters. The normalized spacial score (nSPS) is 8.17. The molecule has 4 heteroatoms. The molecule has 12 heavy (non-hydrogen) atoms. The van der Waals surface area contributed by atoms with Crippen LogP contribution in [0.25, 0.3) is 0 Å². The number of carbonyl (C=O) groups excluding carboxylic acids is 1. The summed E-state index contributed by atoms with van der Waals surface area (Å²) in [5.74, 6) is 0.255. The Balaban J connectivity index is -0.0000000457. The van der Waals surface area contributed by atoms with E-state index in [1.807, 2.05) is 6.92 Å². The summed E-state index contributed by atoms with van der Waals surface area (Å²) in [4.78, 5) is 9.81. The van der Waals surface area contributed by atoms with Crippen molar-refractivity contribution in [3.05, 3.63) is 0 Å². The highest BCUT2D eigenvalue weighted by Crippen LogP contribution is 1.93. The van der Waals surface area contributed by atoms with Crippen molar-refractivity contribution in [2.75, 3.05) is 0 Å². The highest BCUT2D eigenvalue weighted by atomic mass is 16.3. The Bertz CT molecular complexity index is 91.0. The lowest BCUT2D eigenvalue weighted by atomic mass is 10.2. The van der Waals surface area contributed by atoms with E-state index in [1.165, 1.54) is 0 Å². The summed E-state index contributed by atoms with van der Waals surface area (Å²) in [6, 6.07) is 0. The standard InChI is InChI=1S/C4H10O.C4H8O.H3N.H2O/c1-4(2,3)5;1-3-4(2)5;;/h5H,1-3H3;3H2,1-2H3;1H3;1H2. The van der Waals surface area contributed by atoms with Crippen LogP contribution in [0, 0.1) is 0 Å². The van der Waals surface area contributed by atoms with Gasteiger partial charge in [-0.3, -0.25) is 0 Å². The van der Waals surface area contributed by atoms with Gasteiger partial charge in [-0.2, -0.15) is 0 Å². The molecule has 0 radical (unpaired) electrons. The Hall–Kier alpha value is -0.450. The minimum absolute atomic E-state index is 0. The third kappa shape index (κ3) is 291. The van der Waals surface area contributed by atoms with E-state index < -0.39 is 5.60 Å². The second-order valence-corrected chi connectivity index (χ2v) is 3.23. The maximum absolute atomic E-state index is 9.81. The molecule has 4 nitrogen and oxygen atoms in total. The van der Waals surface area contributed by atoms with Crippen molar-refractivity contribution in [1.29, 1.82) is 0 Å². The molecule has 78 valence electrons. The average Bonchev–Trinajstić information content (AvgIpc) is 1.61. The average molecular weight is 181 g/mol. The van der Waals surface area contributed by atoms with Gasteiger partial charge >= 0.3 is 0 Å². The van der Waals surface area contributed by atoms with Crippen LogP contribution in [0.3, 0.4) is 0 Å². The van der Waals surface area contributed by atoms with Gasteiger partial charge in [-0.15, -0.1) is 0 Å². The van der Waals surface area contributed by atoms with Gasteiger partial charge in [-0.25, -0.2) is 0 Å². The van der Waals surface area contributed by atoms with Crippen LogP contribution in [0.2, 0.25) is 0 Å². The lowest BCUT2D eigenvalue weighted by Crippen LogP contribution is -2.10. The van der Waals surface area contributed by atoms with Crippen LogP contribution in [0.4, 0.5) is 0 Å². The van der Waals surface area contributed by atoms with Gasteiger partial charge in [0.05, 0.1) is 5.60 Å². The Labute approximate surface area is 74.9 Å². The second kappa shape index (κ2) is 10.6. The molecule has 0 aliphatic rings. The van der Waals surface area contributed by atoms with E-state index in [0.29, 0.717) is 6.42 Å². The smallest absolute Gasteiger partial charge is 0.129 e. The van der Waals surface area contributed by atoms with Crippen LogP contribution in [-0.4, -0.2) is 22.0 Å². The summed E-state index contributed by atoms with van der Waals surface area (Å²) in [7, 11) is 0. The molecule has 0 saturated carbocycles. The van der Waals surface area contributed by atoms with E-state index in [-0.39, 0.29) is 17.4 Å². The first-order valence-corrected chi connectivity index (χ1v) is 3.49. The van der Waals surface area contributed by atoms with E-state index in [0.717, 1.165) is 0 Å². The maximum Gasteiger partial charge on any atom is 0.129 e. The largest absolute Gasteiger partial charge is 0.412 e. The molecule has 0 aliphatic heterocycles. The van der Waals surface area contributed by atoms with Crippen LogP contribution in [0.1, 0.15) is 41.0 Å². The lowest BCUT2D eigenvalue weighted by molar-refractivity contribution is -0.116. The quantitative estimate of drug-likeness (QED) is 0.632. The van der Waals surface area contributed by atoms with Crippen LogP contribution < -0.4 is 6.15 Å². The molecule has 0 fully saturated rings. The van der Waals surface area contributed by atoms with E-state index in [9.17, 15) is 4.79 Å². The van der Waals surface area contributed by atoms with Gasteiger partial charge in [-0.05, 0) is 27.7 Å². The van der Waals surface area contributed by atoms with Gasteiger partial charge in [-0.1, -0.05) is 6.92 Å². The van der Waals surface area contributed by atoms with E-state index in [1.54, 1.807) is 27.7 Å². The lowest BCUT2D eigenvalue weighted by Gasteiger charge is -2.04. The fourth-order valence-electron chi connectivity index (χ4n) is 0. The first-order chi connectivity index (χ1) is 4.27. The van der Waals surface area contributed by atoms with E-state index in [4.69, 9.17) is 5.11 Å². The van der Waals surface area contributed by atoms with Gasteiger partial charge < -0.3 is 21.5 Å². The van der Waals surface area contributed by atoms with Gasteiger partial charge in [0.15, 0.2) is 0 Å². The highest BCUT2D eigenvalue weighted by molar-refractivity contribution is 5.74. The number of carbonyl (C=O) groups is 1. The molecule has 0 rings (SSSR count). The molecular formula is C8H23NO3. The number of aliphatic hydroxyl groups is 1. The molecule has 0 aromatic heterocycles. The Morgan fingerprint density at radius 3 is 1.42 bits per heavy atom. The predicted molar refractivity (Wildman–Crippen MR) is 51.6 cm³/mol. The molecule has 0 aromatic carbocycles. The highest BCUT2D eigenvalue weighted by Gasteiger charge is 1.97. The van der Waals surface area contributed by atoms with E-state index >= 15 is 0 Å². The third-order valence-corrected chi connectivity index (χ3v) is 0.498. The van der Waals surface area contributed by atoms with Crippen LogP contribution in [-0.2, 0) is 4.79 Å². The van der Waals surface area contributed by atoms with Crippen molar-refractivity contribution < 1.29 is 15.4 Å². The Morgan fingerprint density at radius 1 is 1.33 bits per heavy atom. The van der Waals surface area contributed by atoms with Gasteiger partial charge in [0, 0.05) is 6.42 Å². The minimum Gasteiger partial charge on any atom is -0.412 e. The Morgan fingerprint density at radius 2 is 1.42 bits per heavy atom. The van der Waals surface area contributed by atoms with Crippen LogP contribution in [0.5, 0.6) is 0 Å². The molecule has 0 saturated heterocycles. The van der Waals surface area contributed by atoms with Gasteiger partial charge in [0.2, 0.25) is 0 Å². The van der Waals surface area contributed by atoms with Crippen LogP contribution >= 0.6 is 0 Å².